The van der Waals surface area contributed by atoms with Gasteiger partial charge in [0.1, 0.15) is 0 Å². The normalized spacial score (nSPS) is 13.6. The number of allylic oxidation sites excluding steroid dienone is 1. The molecule has 0 aromatic carbocycles. The predicted octanol–water partition coefficient (Wildman–Crippen LogP) is 4.13. The fourth-order valence-corrected chi connectivity index (χ4v) is 2.13. The Morgan fingerprint density at radius 2 is 1.56 bits per heavy atom. The largest absolute Gasteiger partial charge is 0.331 e. The van der Waals surface area contributed by atoms with Crippen LogP contribution in [-0.4, -0.2) is 27.3 Å². The van der Waals surface area contributed by atoms with E-state index in [1.807, 2.05) is 6.08 Å². The Labute approximate surface area is 112 Å². The van der Waals surface area contributed by atoms with Crippen LogP contribution in [0.15, 0.2) is 12.7 Å². The van der Waals surface area contributed by atoms with Crippen molar-refractivity contribution in [3.63, 3.8) is 0 Å². The average Bonchev–Trinajstić information content (AvgIpc) is 2.43. The molecule has 0 aromatic rings. The zero-order valence-corrected chi connectivity index (χ0v) is 12.5. The maximum absolute atomic E-state index is 5.32. The van der Waals surface area contributed by atoms with Crippen molar-refractivity contribution in [3.05, 3.63) is 12.7 Å². The van der Waals surface area contributed by atoms with Gasteiger partial charge in [0.15, 0.2) is 0 Å². The molecule has 0 N–H and O–H groups in total. The molecule has 0 heterocycles. The topological polar surface area (TPSA) is 27.7 Å². The van der Waals surface area contributed by atoms with Crippen LogP contribution in [0.3, 0.4) is 0 Å². The van der Waals surface area contributed by atoms with Crippen LogP contribution in [0.4, 0.5) is 0 Å². The molecule has 0 aliphatic carbocycles. The van der Waals surface area contributed by atoms with Gasteiger partial charge in [0, 0.05) is 27.8 Å². The monoisotopic (exact) mass is 258 g/mol. The van der Waals surface area contributed by atoms with E-state index in [9.17, 15) is 0 Å². The van der Waals surface area contributed by atoms with Crippen LogP contribution in [0.5, 0.6) is 0 Å². The second-order valence-corrected chi connectivity index (χ2v) is 4.70. The van der Waals surface area contributed by atoms with Crippen LogP contribution in [0.25, 0.3) is 0 Å². The molecule has 1 unspecified atom stereocenters. The molecule has 0 bridgehead atoms. The Bertz CT molecular complexity index is 192. The molecule has 0 aromatic heterocycles. The van der Waals surface area contributed by atoms with Gasteiger partial charge in [0.2, 0.25) is 0 Å². The smallest absolute Gasteiger partial charge is 0.282 e. The second kappa shape index (κ2) is 10.5. The molecular formula is C15H30O3. The van der Waals surface area contributed by atoms with E-state index >= 15 is 0 Å². The van der Waals surface area contributed by atoms with Crippen molar-refractivity contribution in [2.75, 3.05) is 21.3 Å². The van der Waals surface area contributed by atoms with Gasteiger partial charge >= 0.3 is 0 Å². The first-order valence-corrected chi connectivity index (χ1v) is 6.96. The number of unbranched alkanes of at least 4 members (excludes halogenated alkanes) is 4. The third kappa shape index (κ3) is 6.53. The summed E-state index contributed by atoms with van der Waals surface area (Å²) in [4.78, 5) is 0. The summed E-state index contributed by atoms with van der Waals surface area (Å²) in [5.41, 5.74) is 0. The number of methoxy groups -OCH3 is 3. The zero-order chi connectivity index (χ0) is 13.9. The van der Waals surface area contributed by atoms with Crippen LogP contribution in [0, 0.1) is 5.92 Å². The maximum Gasteiger partial charge on any atom is 0.282 e. The van der Waals surface area contributed by atoms with E-state index in [1.165, 1.54) is 32.1 Å². The van der Waals surface area contributed by atoms with E-state index in [0.29, 0.717) is 12.3 Å². The maximum atomic E-state index is 5.32. The lowest BCUT2D eigenvalue weighted by atomic mass is 9.96. The number of hydrogen-bond donors (Lipinski definition) is 0. The van der Waals surface area contributed by atoms with E-state index in [2.05, 4.69) is 13.5 Å². The van der Waals surface area contributed by atoms with Gasteiger partial charge in [0.25, 0.3) is 5.97 Å². The molecule has 1 atom stereocenters. The highest BCUT2D eigenvalue weighted by molar-refractivity contribution is 4.81. The van der Waals surface area contributed by atoms with Crippen molar-refractivity contribution in [3.8, 4) is 0 Å². The van der Waals surface area contributed by atoms with Gasteiger partial charge in [-0.15, -0.1) is 6.58 Å². The molecule has 3 heteroatoms. The molecule has 18 heavy (non-hydrogen) atoms. The molecule has 0 rings (SSSR count). The highest BCUT2D eigenvalue weighted by atomic mass is 16.9. The molecule has 0 radical (unpaired) electrons. The molecule has 0 aliphatic heterocycles. The Balaban J connectivity index is 4.04. The van der Waals surface area contributed by atoms with Crippen molar-refractivity contribution in [2.24, 2.45) is 5.92 Å². The zero-order valence-electron chi connectivity index (χ0n) is 12.5. The molecule has 0 fully saturated rings. The molecule has 3 nitrogen and oxygen atoms in total. The first-order chi connectivity index (χ1) is 8.67. The highest BCUT2D eigenvalue weighted by Gasteiger charge is 2.32. The van der Waals surface area contributed by atoms with Gasteiger partial charge in [-0.2, -0.15) is 0 Å². The third-order valence-electron chi connectivity index (χ3n) is 3.46. The number of ether oxygens (including phenoxy) is 3. The van der Waals surface area contributed by atoms with E-state index < -0.39 is 5.97 Å². The van der Waals surface area contributed by atoms with E-state index in [4.69, 9.17) is 14.2 Å². The third-order valence-corrected chi connectivity index (χ3v) is 3.46. The van der Waals surface area contributed by atoms with Crippen LogP contribution in [0.2, 0.25) is 0 Å². The van der Waals surface area contributed by atoms with Gasteiger partial charge in [0.05, 0.1) is 0 Å². The van der Waals surface area contributed by atoms with Gasteiger partial charge < -0.3 is 14.2 Å². The van der Waals surface area contributed by atoms with Crippen LogP contribution < -0.4 is 0 Å². The Morgan fingerprint density at radius 1 is 1.00 bits per heavy atom. The first-order valence-electron chi connectivity index (χ1n) is 6.96. The summed E-state index contributed by atoms with van der Waals surface area (Å²) >= 11 is 0. The van der Waals surface area contributed by atoms with Crippen molar-refractivity contribution in [2.45, 2.75) is 57.8 Å². The minimum Gasteiger partial charge on any atom is -0.331 e. The SMILES string of the molecule is C=CC(CCCCCCC)CC(OC)(OC)OC. The van der Waals surface area contributed by atoms with Gasteiger partial charge in [-0.25, -0.2) is 0 Å². The van der Waals surface area contributed by atoms with Gasteiger partial charge in [-0.05, 0) is 12.3 Å². The molecule has 0 saturated carbocycles. The van der Waals surface area contributed by atoms with Crippen molar-refractivity contribution >= 4 is 0 Å². The van der Waals surface area contributed by atoms with Crippen LogP contribution >= 0.6 is 0 Å². The summed E-state index contributed by atoms with van der Waals surface area (Å²) in [5, 5.41) is 0. The number of rotatable bonds is 12. The molecule has 108 valence electrons. The minimum absolute atomic E-state index is 0.367. The van der Waals surface area contributed by atoms with E-state index in [-0.39, 0.29) is 0 Å². The second-order valence-electron chi connectivity index (χ2n) is 4.70. The lowest BCUT2D eigenvalue weighted by Crippen LogP contribution is -2.37. The first kappa shape index (κ1) is 17.6. The molecular weight excluding hydrogens is 228 g/mol. The molecule has 0 saturated heterocycles. The standard InChI is InChI=1S/C15H30O3/c1-6-8-9-10-11-12-14(7-2)13-15(16-3,17-4)18-5/h7,14H,2,6,8-13H2,1,3-5H3. The summed E-state index contributed by atoms with van der Waals surface area (Å²) < 4.78 is 16.0. The Hall–Kier alpha value is -0.380. The van der Waals surface area contributed by atoms with E-state index in [0.717, 1.165) is 6.42 Å². The highest BCUT2D eigenvalue weighted by Crippen LogP contribution is 2.26. The van der Waals surface area contributed by atoms with Gasteiger partial charge in [-0.1, -0.05) is 45.1 Å². The van der Waals surface area contributed by atoms with Crippen molar-refractivity contribution in [1.82, 2.24) is 0 Å². The number of hydrogen-bond acceptors (Lipinski definition) is 3. The summed E-state index contributed by atoms with van der Waals surface area (Å²) in [6.45, 7) is 6.13. The Kier molecular flexibility index (Phi) is 10.3. The summed E-state index contributed by atoms with van der Waals surface area (Å²) in [6, 6.07) is 0. The molecule has 0 aliphatic rings. The quantitative estimate of drug-likeness (QED) is 0.299. The summed E-state index contributed by atoms with van der Waals surface area (Å²) in [6.07, 6.45) is 10.2. The molecule has 0 spiro atoms. The van der Waals surface area contributed by atoms with Crippen LogP contribution in [-0.2, 0) is 14.2 Å². The lowest BCUT2D eigenvalue weighted by molar-refractivity contribution is -0.358. The van der Waals surface area contributed by atoms with E-state index in [1.54, 1.807) is 21.3 Å². The predicted molar refractivity (Wildman–Crippen MR) is 75.4 cm³/mol. The molecule has 0 amide bonds. The fraction of sp³-hybridized carbons (Fsp3) is 0.867. The average molecular weight is 258 g/mol. The Morgan fingerprint density at radius 3 is 2.00 bits per heavy atom. The van der Waals surface area contributed by atoms with Crippen LogP contribution in [0.1, 0.15) is 51.9 Å². The van der Waals surface area contributed by atoms with Crippen molar-refractivity contribution < 1.29 is 14.2 Å². The lowest BCUT2D eigenvalue weighted by Gasteiger charge is -2.31. The fourth-order valence-electron chi connectivity index (χ4n) is 2.13. The minimum atomic E-state index is -0.928. The van der Waals surface area contributed by atoms with Crippen molar-refractivity contribution in [1.29, 1.82) is 0 Å². The summed E-state index contributed by atoms with van der Waals surface area (Å²) in [7, 11) is 4.82. The van der Waals surface area contributed by atoms with Gasteiger partial charge in [-0.3, -0.25) is 0 Å². The summed E-state index contributed by atoms with van der Waals surface area (Å²) in [5.74, 6) is -0.561.